The van der Waals surface area contributed by atoms with Crippen molar-refractivity contribution in [3.63, 3.8) is 0 Å². The topological polar surface area (TPSA) is 73.2 Å². The number of carbonyl (C=O) groups is 2. The van der Waals surface area contributed by atoms with Crippen LogP contribution in [0.1, 0.15) is 66.7 Å². The van der Waals surface area contributed by atoms with Gasteiger partial charge in [-0.05, 0) is 43.0 Å². The van der Waals surface area contributed by atoms with Crippen LogP contribution in [-0.2, 0) is 15.7 Å². The van der Waals surface area contributed by atoms with Crippen LogP contribution < -0.4 is 5.32 Å². The van der Waals surface area contributed by atoms with Gasteiger partial charge in [-0.1, -0.05) is 51.1 Å². The van der Waals surface area contributed by atoms with Gasteiger partial charge >= 0.3 is 11.9 Å². The highest BCUT2D eigenvalue weighted by molar-refractivity contribution is 6.03. The second-order valence-corrected chi connectivity index (χ2v) is 9.05. The highest BCUT2D eigenvalue weighted by atomic mass is 16.6. The maximum atomic E-state index is 13.0. The summed E-state index contributed by atoms with van der Waals surface area (Å²) in [6.07, 6.45) is 1.60. The molecule has 1 aromatic heterocycles. The summed E-state index contributed by atoms with van der Waals surface area (Å²) in [4.78, 5) is 30.1. The molecular weight excluding hydrogens is 378 g/mol. The lowest BCUT2D eigenvalue weighted by atomic mass is 9.84. The van der Waals surface area contributed by atoms with Crippen molar-refractivity contribution in [2.75, 3.05) is 5.32 Å². The Bertz CT molecular complexity index is 1150. The zero-order valence-corrected chi connectivity index (χ0v) is 17.8. The molecule has 0 bridgehead atoms. The average Bonchev–Trinajstić information content (AvgIpc) is 3.14. The van der Waals surface area contributed by atoms with Crippen molar-refractivity contribution in [3.05, 3.63) is 77.4 Å². The molecule has 30 heavy (non-hydrogen) atoms. The fourth-order valence-electron chi connectivity index (χ4n) is 3.97. The van der Waals surface area contributed by atoms with Crippen LogP contribution in [0.15, 0.2) is 54.9 Å². The molecule has 4 rings (SSSR count). The molecule has 0 aliphatic carbocycles. The summed E-state index contributed by atoms with van der Waals surface area (Å²) >= 11 is 0. The number of hydrogen-bond donors (Lipinski definition) is 1. The van der Waals surface area contributed by atoms with E-state index in [2.05, 4.69) is 10.3 Å². The molecular formula is C24H25N3O3. The first-order valence-corrected chi connectivity index (χ1v) is 9.91. The van der Waals surface area contributed by atoms with Crippen molar-refractivity contribution >= 4 is 17.6 Å². The molecule has 0 spiro atoms. The van der Waals surface area contributed by atoms with E-state index >= 15 is 0 Å². The first kappa shape index (κ1) is 19.9. The molecule has 3 aromatic rings. The van der Waals surface area contributed by atoms with E-state index in [1.54, 1.807) is 18.5 Å². The molecule has 2 aromatic carbocycles. The lowest BCUT2D eigenvalue weighted by Crippen LogP contribution is -2.36. The van der Waals surface area contributed by atoms with E-state index in [1.165, 1.54) is 0 Å². The predicted molar refractivity (Wildman–Crippen MR) is 115 cm³/mol. The summed E-state index contributed by atoms with van der Waals surface area (Å²) in [7, 11) is 0. The number of nitrogens with one attached hydrogen (secondary N) is 1. The van der Waals surface area contributed by atoms with Crippen LogP contribution in [0.25, 0.3) is 5.69 Å². The number of para-hydroxylation sites is 2. The largest absolute Gasteiger partial charge is 0.384 e. The molecule has 1 N–H and O–H groups in total. The van der Waals surface area contributed by atoms with Crippen LogP contribution in [0, 0.1) is 0 Å². The van der Waals surface area contributed by atoms with Gasteiger partial charge in [0.2, 0.25) is 0 Å². The van der Waals surface area contributed by atoms with Crippen LogP contribution in [0.5, 0.6) is 0 Å². The Hall–Kier alpha value is -3.41. The molecule has 6 nitrogen and oxygen atoms in total. The van der Waals surface area contributed by atoms with Crippen LogP contribution in [0.4, 0.5) is 5.69 Å². The summed E-state index contributed by atoms with van der Waals surface area (Å²) < 4.78 is 7.15. The number of aromatic nitrogens is 2. The number of fused-ring (bicyclic) bond motifs is 3. The Kier molecular flexibility index (Phi) is 4.53. The Balaban J connectivity index is 1.69. The molecule has 0 amide bonds. The lowest BCUT2D eigenvalue weighted by Gasteiger charge is -2.35. The number of hydrogen-bond acceptors (Lipinski definition) is 5. The Morgan fingerprint density at radius 2 is 1.67 bits per heavy atom. The van der Waals surface area contributed by atoms with Crippen LogP contribution >= 0.6 is 0 Å². The zero-order chi connectivity index (χ0) is 21.7. The van der Waals surface area contributed by atoms with E-state index in [9.17, 15) is 9.59 Å². The number of rotatable bonds is 2. The fourth-order valence-corrected chi connectivity index (χ4v) is 3.97. The number of ether oxygens (including phenoxy) is 1. The molecule has 154 valence electrons. The minimum atomic E-state index is -0.758. The number of anilines is 1. The predicted octanol–water partition coefficient (Wildman–Crippen LogP) is 4.83. The fraction of sp³-hybridized carbons (Fsp3) is 0.292. The molecule has 6 heteroatoms. The van der Waals surface area contributed by atoms with Crippen molar-refractivity contribution in [1.29, 1.82) is 0 Å². The molecule has 0 radical (unpaired) electrons. The smallest absolute Gasteiger partial charge is 0.366 e. The van der Waals surface area contributed by atoms with Gasteiger partial charge in [0, 0.05) is 0 Å². The van der Waals surface area contributed by atoms with Crippen LogP contribution in [-0.4, -0.2) is 21.5 Å². The summed E-state index contributed by atoms with van der Waals surface area (Å²) in [5.74, 6) is -1.43. The first-order chi connectivity index (χ1) is 14.1. The van der Waals surface area contributed by atoms with Crippen LogP contribution in [0.2, 0.25) is 0 Å². The zero-order valence-electron chi connectivity index (χ0n) is 17.8. The molecule has 1 aliphatic heterocycles. The van der Waals surface area contributed by atoms with Gasteiger partial charge in [-0.2, -0.15) is 0 Å². The Morgan fingerprint density at radius 1 is 1.00 bits per heavy atom. The Morgan fingerprint density at radius 3 is 2.40 bits per heavy atom. The quantitative estimate of drug-likeness (QED) is 0.490. The summed E-state index contributed by atoms with van der Waals surface area (Å²) in [5.41, 5.74) is 2.99. The maximum Gasteiger partial charge on any atom is 0.366 e. The van der Waals surface area contributed by atoms with Gasteiger partial charge in [0.15, 0.2) is 5.69 Å². The van der Waals surface area contributed by atoms with Crippen molar-refractivity contribution in [2.24, 2.45) is 0 Å². The third kappa shape index (κ3) is 3.28. The molecule has 0 atom stereocenters. The van der Waals surface area contributed by atoms with Crippen molar-refractivity contribution in [1.82, 2.24) is 9.55 Å². The minimum absolute atomic E-state index is 0.128. The van der Waals surface area contributed by atoms with Crippen molar-refractivity contribution < 1.29 is 14.3 Å². The summed E-state index contributed by atoms with van der Waals surface area (Å²) in [6, 6.07) is 15.0. The first-order valence-electron chi connectivity index (χ1n) is 9.91. The highest BCUT2D eigenvalue weighted by Gasteiger charge is 2.37. The summed E-state index contributed by atoms with van der Waals surface area (Å²) in [6.45, 7) is 9.96. The number of nitrogens with zero attached hydrogens (tertiary/aromatic N) is 2. The van der Waals surface area contributed by atoms with E-state index < -0.39 is 17.5 Å². The Labute approximate surface area is 175 Å². The number of benzene rings is 2. The standard InChI is InChI=1S/C24H25N3O3/c1-23(2,3)16-11-7-6-10-15(16)21(28)30-22(29)19-20-24(4,5)26-17-12-8-9-13-18(17)27(20)14-25-19/h6-14,26H,1-5H3. The normalized spacial score (nSPS) is 14.3. The van der Waals surface area contributed by atoms with Gasteiger partial charge in [0.1, 0.15) is 6.33 Å². The lowest BCUT2D eigenvalue weighted by molar-refractivity contribution is 0.0390. The number of imidazole rings is 1. The average molecular weight is 403 g/mol. The van der Waals surface area contributed by atoms with Crippen molar-refractivity contribution in [2.45, 2.75) is 45.6 Å². The number of esters is 2. The molecule has 2 heterocycles. The highest BCUT2D eigenvalue weighted by Crippen LogP contribution is 2.38. The van der Waals surface area contributed by atoms with Gasteiger partial charge in [-0.25, -0.2) is 14.6 Å². The molecule has 0 fully saturated rings. The van der Waals surface area contributed by atoms with E-state index in [0.29, 0.717) is 11.3 Å². The van der Waals surface area contributed by atoms with E-state index in [1.807, 2.05) is 75.6 Å². The number of carbonyl (C=O) groups excluding carboxylic acids is 2. The minimum Gasteiger partial charge on any atom is -0.384 e. The van der Waals surface area contributed by atoms with Gasteiger partial charge in [0.25, 0.3) is 0 Å². The third-order valence-corrected chi connectivity index (χ3v) is 5.30. The molecule has 1 aliphatic rings. The van der Waals surface area contributed by atoms with E-state index in [4.69, 9.17) is 4.74 Å². The molecule has 0 unspecified atom stereocenters. The molecule has 0 saturated heterocycles. The molecule has 0 saturated carbocycles. The SMILES string of the molecule is CC(C)(C)c1ccccc1C(=O)OC(=O)c1ncn2c1C(C)(C)Nc1ccccc1-2. The van der Waals surface area contributed by atoms with Crippen LogP contribution in [0.3, 0.4) is 0 Å². The maximum absolute atomic E-state index is 13.0. The van der Waals surface area contributed by atoms with Crippen molar-refractivity contribution in [3.8, 4) is 5.69 Å². The van der Waals surface area contributed by atoms with Gasteiger partial charge in [-0.15, -0.1) is 0 Å². The van der Waals surface area contributed by atoms with E-state index in [-0.39, 0.29) is 11.1 Å². The summed E-state index contributed by atoms with van der Waals surface area (Å²) in [5, 5.41) is 3.43. The van der Waals surface area contributed by atoms with Gasteiger partial charge < -0.3 is 10.1 Å². The third-order valence-electron chi connectivity index (χ3n) is 5.30. The van der Waals surface area contributed by atoms with E-state index in [0.717, 1.165) is 16.9 Å². The van der Waals surface area contributed by atoms with Gasteiger partial charge in [-0.3, -0.25) is 4.57 Å². The second kappa shape index (κ2) is 6.83. The monoisotopic (exact) mass is 403 g/mol. The van der Waals surface area contributed by atoms with Gasteiger partial charge in [0.05, 0.1) is 28.2 Å². The second-order valence-electron chi connectivity index (χ2n) is 9.05.